The van der Waals surface area contributed by atoms with Crippen molar-refractivity contribution in [2.45, 2.75) is 71.1 Å². The first-order valence-corrected chi connectivity index (χ1v) is 11.8. The molecule has 0 aliphatic heterocycles. The number of nitrogens with zero attached hydrogens (tertiary/aromatic N) is 5. The van der Waals surface area contributed by atoms with Gasteiger partial charge < -0.3 is 15.7 Å². The topological polar surface area (TPSA) is 121 Å². The molecule has 0 unspecified atom stereocenters. The lowest BCUT2D eigenvalue weighted by Crippen LogP contribution is -2.46. The number of pyridine rings is 1. The number of hydrogen-bond donors (Lipinski definition) is 2. The maximum atomic E-state index is 12.4. The number of hydrogen-bond acceptors (Lipinski definition) is 6. The van der Waals surface area contributed by atoms with Crippen molar-refractivity contribution in [3.8, 4) is 17.5 Å². The zero-order valence-corrected chi connectivity index (χ0v) is 20.2. The van der Waals surface area contributed by atoms with Crippen LogP contribution in [0.15, 0.2) is 36.7 Å². The number of nitrogens with two attached hydrogens (primary N) is 1. The second-order valence-corrected chi connectivity index (χ2v) is 10.0. The molecule has 1 saturated carbocycles. The molecule has 3 heterocycles. The maximum absolute atomic E-state index is 12.4. The van der Waals surface area contributed by atoms with Gasteiger partial charge in [-0.15, -0.1) is 0 Å². The van der Waals surface area contributed by atoms with Crippen LogP contribution in [0.2, 0.25) is 0 Å². The molecule has 1 fully saturated rings. The van der Waals surface area contributed by atoms with E-state index in [4.69, 9.17) is 11.0 Å². The van der Waals surface area contributed by atoms with Gasteiger partial charge in [-0.25, -0.2) is 4.52 Å². The molecule has 4 rings (SSSR count). The first-order chi connectivity index (χ1) is 16.1. The second-order valence-electron chi connectivity index (χ2n) is 10.0. The minimum Gasteiger partial charge on any atom is -0.390 e. The molecule has 3 aromatic heterocycles. The summed E-state index contributed by atoms with van der Waals surface area (Å²) >= 11 is 0. The smallest absolute Gasteiger partial charge is 0.252 e. The summed E-state index contributed by atoms with van der Waals surface area (Å²) in [5.74, 6) is -0.250. The predicted octanol–water partition coefficient (Wildman–Crippen LogP) is 3.91. The number of primary amides is 1. The van der Waals surface area contributed by atoms with Gasteiger partial charge in [0.05, 0.1) is 45.5 Å². The molecule has 0 saturated heterocycles. The van der Waals surface area contributed by atoms with Crippen LogP contribution in [-0.2, 0) is 0 Å². The van der Waals surface area contributed by atoms with Crippen molar-refractivity contribution < 1.29 is 9.90 Å². The molecule has 0 radical (unpaired) electrons. The zero-order valence-electron chi connectivity index (χ0n) is 20.2. The molecule has 8 heteroatoms. The van der Waals surface area contributed by atoms with E-state index in [-0.39, 0.29) is 18.0 Å². The third kappa shape index (κ3) is 4.48. The van der Waals surface area contributed by atoms with Crippen molar-refractivity contribution in [1.29, 1.82) is 5.26 Å². The number of aliphatic hydroxyl groups is 1. The standard InChI is InChI=1S/C26H32N6O2/c1-16(2)31(19-7-5-18(6-8-19)26(3,4)34)24-12-22(29-15-21(24)25(28)33)23-10-9-20-11-17(13-27)14-30-32(20)23/h9-12,14-16,18-19,34H,5-8H2,1-4H3,(H2,28,33). The van der Waals surface area contributed by atoms with Gasteiger partial charge in [0.15, 0.2) is 0 Å². The Hall–Kier alpha value is -3.44. The van der Waals surface area contributed by atoms with E-state index >= 15 is 0 Å². The van der Waals surface area contributed by atoms with Gasteiger partial charge in [0, 0.05) is 18.3 Å². The lowest BCUT2D eigenvalue weighted by Gasteiger charge is -2.43. The number of rotatable bonds is 6. The summed E-state index contributed by atoms with van der Waals surface area (Å²) in [6.45, 7) is 8.00. The quantitative estimate of drug-likeness (QED) is 0.575. The zero-order chi connectivity index (χ0) is 24.6. The van der Waals surface area contributed by atoms with Gasteiger partial charge in [-0.3, -0.25) is 9.78 Å². The summed E-state index contributed by atoms with van der Waals surface area (Å²) in [5.41, 5.74) is 8.96. The van der Waals surface area contributed by atoms with Crippen molar-refractivity contribution >= 4 is 17.1 Å². The second kappa shape index (κ2) is 9.07. The molecule has 1 aliphatic rings. The summed E-state index contributed by atoms with van der Waals surface area (Å²) < 4.78 is 1.74. The number of carbonyl (C=O) groups is 1. The highest BCUT2D eigenvalue weighted by atomic mass is 16.3. The Kier molecular flexibility index (Phi) is 6.32. The highest BCUT2D eigenvalue weighted by molar-refractivity contribution is 5.99. The van der Waals surface area contributed by atoms with Gasteiger partial charge in [0.2, 0.25) is 0 Å². The number of anilines is 1. The molecule has 8 nitrogen and oxygen atoms in total. The molecule has 0 aromatic carbocycles. The van der Waals surface area contributed by atoms with E-state index in [2.05, 4.69) is 34.9 Å². The van der Waals surface area contributed by atoms with E-state index in [1.54, 1.807) is 16.8 Å². The van der Waals surface area contributed by atoms with E-state index in [0.717, 1.165) is 42.6 Å². The van der Waals surface area contributed by atoms with Gasteiger partial charge >= 0.3 is 0 Å². The summed E-state index contributed by atoms with van der Waals surface area (Å²) in [6, 6.07) is 9.97. The van der Waals surface area contributed by atoms with Gasteiger partial charge in [0.25, 0.3) is 5.91 Å². The predicted molar refractivity (Wildman–Crippen MR) is 131 cm³/mol. The number of aromatic nitrogens is 3. The molecule has 3 N–H and O–H groups in total. The average molecular weight is 461 g/mol. The lowest BCUT2D eigenvalue weighted by atomic mass is 9.76. The fourth-order valence-electron chi connectivity index (χ4n) is 5.20. The van der Waals surface area contributed by atoms with E-state index in [0.29, 0.717) is 16.8 Å². The Morgan fingerprint density at radius 1 is 1.24 bits per heavy atom. The van der Waals surface area contributed by atoms with E-state index in [9.17, 15) is 9.90 Å². The van der Waals surface area contributed by atoms with Crippen LogP contribution in [0.3, 0.4) is 0 Å². The van der Waals surface area contributed by atoms with Crippen molar-refractivity contribution in [3.05, 3.63) is 47.8 Å². The number of fused-ring (bicyclic) bond motifs is 1. The minimum absolute atomic E-state index is 0.136. The van der Waals surface area contributed by atoms with Crippen LogP contribution < -0.4 is 10.6 Å². The fraction of sp³-hybridized carbons (Fsp3) is 0.462. The van der Waals surface area contributed by atoms with Gasteiger partial charge in [-0.1, -0.05) is 0 Å². The normalized spacial score (nSPS) is 18.7. The van der Waals surface area contributed by atoms with Crippen molar-refractivity contribution in [2.24, 2.45) is 11.7 Å². The summed E-state index contributed by atoms with van der Waals surface area (Å²) in [7, 11) is 0. The molecule has 1 aliphatic carbocycles. The van der Waals surface area contributed by atoms with Crippen molar-refractivity contribution in [3.63, 3.8) is 0 Å². The Balaban J connectivity index is 1.75. The minimum atomic E-state index is -0.690. The third-order valence-electron chi connectivity index (χ3n) is 6.96. The van der Waals surface area contributed by atoms with Crippen LogP contribution in [0.5, 0.6) is 0 Å². The largest absolute Gasteiger partial charge is 0.390 e. The van der Waals surface area contributed by atoms with Gasteiger partial charge in [0.1, 0.15) is 6.07 Å². The van der Waals surface area contributed by atoms with Gasteiger partial charge in [-0.2, -0.15) is 10.4 Å². The summed E-state index contributed by atoms with van der Waals surface area (Å²) in [6.07, 6.45) is 6.78. The number of amides is 1. The van der Waals surface area contributed by atoms with Gasteiger partial charge in [-0.05, 0) is 83.6 Å². The third-order valence-corrected chi connectivity index (χ3v) is 6.96. The average Bonchev–Trinajstić information content (AvgIpc) is 3.21. The van der Waals surface area contributed by atoms with E-state index in [1.165, 1.54) is 6.20 Å². The molecular weight excluding hydrogens is 428 g/mol. The molecule has 0 bridgehead atoms. The van der Waals surface area contributed by atoms with Crippen LogP contribution in [0, 0.1) is 17.2 Å². The molecule has 178 valence electrons. The van der Waals surface area contributed by atoms with Crippen LogP contribution in [0.1, 0.15) is 69.3 Å². The van der Waals surface area contributed by atoms with Crippen LogP contribution >= 0.6 is 0 Å². The van der Waals surface area contributed by atoms with Crippen LogP contribution in [-0.4, -0.2) is 43.3 Å². The van der Waals surface area contributed by atoms with E-state index in [1.807, 2.05) is 32.0 Å². The SMILES string of the molecule is CC(C)N(c1cc(-c2ccc3cc(C#N)cnn23)ncc1C(N)=O)C1CCC(C(C)(C)O)CC1. The fourth-order valence-corrected chi connectivity index (χ4v) is 5.20. The highest BCUT2D eigenvalue weighted by Gasteiger charge is 2.35. The molecule has 34 heavy (non-hydrogen) atoms. The van der Waals surface area contributed by atoms with Crippen molar-refractivity contribution in [2.75, 3.05) is 4.90 Å². The van der Waals surface area contributed by atoms with E-state index < -0.39 is 11.5 Å². The Morgan fingerprint density at radius 2 is 1.94 bits per heavy atom. The Bertz CT molecular complexity index is 1240. The first kappa shape index (κ1) is 23.7. The summed E-state index contributed by atoms with van der Waals surface area (Å²) in [5, 5.41) is 24.0. The monoisotopic (exact) mass is 460 g/mol. The number of carbonyl (C=O) groups excluding carboxylic acids is 1. The maximum Gasteiger partial charge on any atom is 0.252 e. The molecule has 1 amide bonds. The molecular formula is C26H32N6O2. The Labute approximate surface area is 200 Å². The molecule has 3 aromatic rings. The molecule has 0 spiro atoms. The molecule has 0 atom stereocenters. The Morgan fingerprint density at radius 3 is 2.53 bits per heavy atom. The number of nitriles is 1. The lowest BCUT2D eigenvalue weighted by molar-refractivity contribution is -0.00176. The first-order valence-electron chi connectivity index (χ1n) is 11.8. The van der Waals surface area contributed by atoms with Crippen molar-refractivity contribution in [1.82, 2.24) is 14.6 Å². The van der Waals surface area contributed by atoms with Crippen LogP contribution in [0.25, 0.3) is 16.9 Å². The van der Waals surface area contributed by atoms with Crippen LogP contribution in [0.4, 0.5) is 5.69 Å². The highest BCUT2D eigenvalue weighted by Crippen LogP contribution is 2.38. The summed E-state index contributed by atoms with van der Waals surface area (Å²) in [4.78, 5) is 19.2.